The van der Waals surface area contributed by atoms with E-state index in [0.29, 0.717) is 0 Å². The van der Waals surface area contributed by atoms with Gasteiger partial charge in [-0.15, -0.1) is 10.2 Å². The molecule has 1 N–H and O–H groups in total. The number of nitrogens with zero attached hydrogens (tertiary/aromatic N) is 4. The highest BCUT2D eigenvalue weighted by molar-refractivity contribution is 5.84. The van der Waals surface area contributed by atoms with Gasteiger partial charge in [-0.25, -0.2) is 4.98 Å². The van der Waals surface area contributed by atoms with E-state index >= 15 is 0 Å². The molecule has 0 amide bonds. The quantitative estimate of drug-likeness (QED) is 0.624. The molecule has 0 aliphatic rings. The lowest BCUT2D eigenvalue weighted by Crippen LogP contribution is -2.02. The maximum absolute atomic E-state index is 4.75. The number of hydrogen-bond acceptors (Lipinski definition) is 4. The lowest BCUT2D eigenvalue weighted by atomic mass is 10.1. The van der Waals surface area contributed by atoms with Gasteiger partial charge in [0.2, 0.25) is 5.65 Å². The molecular formula is C18H17N5. The van der Waals surface area contributed by atoms with Crippen molar-refractivity contribution in [3.8, 4) is 0 Å². The molecule has 4 rings (SSSR count). The molecule has 0 radical (unpaired) electrons. The molecule has 0 fully saturated rings. The summed E-state index contributed by atoms with van der Waals surface area (Å²) < 4.78 is 1.98. The number of anilines is 2. The summed E-state index contributed by atoms with van der Waals surface area (Å²) in [5.41, 5.74) is 6.15. The van der Waals surface area contributed by atoms with Gasteiger partial charge in [-0.2, -0.15) is 0 Å². The Morgan fingerprint density at radius 2 is 2.00 bits per heavy atom. The molecule has 114 valence electrons. The van der Waals surface area contributed by atoms with Gasteiger partial charge >= 0.3 is 0 Å². The largest absolute Gasteiger partial charge is 0.337 e. The van der Waals surface area contributed by atoms with Crippen LogP contribution in [-0.2, 0) is 6.42 Å². The van der Waals surface area contributed by atoms with Crippen LogP contribution in [0.1, 0.15) is 18.1 Å². The zero-order chi connectivity index (χ0) is 15.8. The first-order valence-corrected chi connectivity index (χ1v) is 7.71. The lowest BCUT2D eigenvalue weighted by Gasteiger charge is -2.12. The van der Waals surface area contributed by atoms with Gasteiger partial charge in [0.25, 0.3) is 0 Å². The summed E-state index contributed by atoms with van der Waals surface area (Å²) in [5, 5.41) is 11.7. The van der Waals surface area contributed by atoms with Crippen LogP contribution in [0.25, 0.3) is 16.7 Å². The van der Waals surface area contributed by atoms with Crippen molar-refractivity contribution in [2.45, 2.75) is 20.3 Å². The normalized spacial score (nSPS) is 11.2. The molecule has 0 aliphatic carbocycles. The first-order chi connectivity index (χ1) is 11.3. The van der Waals surface area contributed by atoms with Gasteiger partial charge < -0.3 is 5.32 Å². The van der Waals surface area contributed by atoms with Crippen molar-refractivity contribution in [3.05, 3.63) is 59.9 Å². The fraction of sp³-hybridized carbons (Fsp3) is 0.167. The highest BCUT2D eigenvalue weighted by atomic mass is 15.3. The van der Waals surface area contributed by atoms with Crippen LogP contribution in [0.2, 0.25) is 0 Å². The molecule has 5 heteroatoms. The van der Waals surface area contributed by atoms with E-state index in [0.717, 1.165) is 34.6 Å². The highest BCUT2D eigenvalue weighted by Gasteiger charge is 2.11. The van der Waals surface area contributed by atoms with Crippen LogP contribution in [0.15, 0.2) is 48.8 Å². The van der Waals surface area contributed by atoms with Crippen LogP contribution < -0.4 is 5.32 Å². The Hall–Kier alpha value is -2.95. The monoisotopic (exact) mass is 303 g/mol. The van der Waals surface area contributed by atoms with Gasteiger partial charge in [-0.3, -0.25) is 4.40 Å². The minimum Gasteiger partial charge on any atom is -0.337 e. The zero-order valence-electron chi connectivity index (χ0n) is 13.1. The maximum Gasteiger partial charge on any atom is 0.204 e. The van der Waals surface area contributed by atoms with E-state index in [2.05, 4.69) is 53.6 Å². The van der Waals surface area contributed by atoms with Gasteiger partial charge in [0, 0.05) is 5.69 Å². The molecule has 23 heavy (non-hydrogen) atoms. The van der Waals surface area contributed by atoms with Crippen molar-refractivity contribution in [1.82, 2.24) is 19.6 Å². The van der Waals surface area contributed by atoms with Crippen molar-refractivity contribution >= 4 is 28.2 Å². The fourth-order valence-corrected chi connectivity index (χ4v) is 2.83. The average Bonchev–Trinajstić information content (AvgIpc) is 3.06. The molecule has 0 spiro atoms. The van der Waals surface area contributed by atoms with E-state index in [1.807, 2.05) is 22.6 Å². The number of hydrogen-bond donors (Lipinski definition) is 1. The Balaban J connectivity index is 1.92. The van der Waals surface area contributed by atoms with Crippen LogP contribution >= 0.6 is 0 Å². The SMILES string of the molecule is CCc1ccccc1Nc1nc2ccc(C)cc2n2cnnc12. The molecule has 2 aromatic carbocycles. The number of benzene rings is 2. The lowest BCUT2D eigenvalue weighted by molar-refractivity contribution is 1.11. The van der Waals surface area contributed by atoms with Crippen LogP contribution in [0.3, 0.4) is 0 Å². The molecule has 4 aromatic rings. The smallest absolute Gasteiger partial charge is 0.204 e. The first-order valence-electron chi connectivity index (χ1n) is 7.71. The molecular weight excluding hydrogens is 286 g/mol. The van der Waals surface area contributed by atoms with Crippen LogP contribution in [0.4, 0.5) is 11.5 Å². The Labute approximate surface area is 134 Å². The van der Waals surface area contributed by atoms with Crippen molar-refractivity contribution in [2.24, 2.45) is 0 Å². The highest BCUT2D eigenvalue weighted by Crippen LogP contribution is 2.25. The number of aromatic nitrogens is 4. The Bertz CT molecular complexity index is 1000. The Kier molecular flexibility index (Phi) is 3.19. The van der Waals surface area contributed by atoms with Gasteiger partial charge in [0.15, 0.2) is 5.82 Å². The van der Waals surface area contributed by atoms with E-state index in [9.17, 15) is 0 Å². The Morgan fingerprint density at radius 1 is 1.13 bits per heavy atom. The third-order valence-electron chi connectivity index (χ3n) is 4.03. The molecule has 5 nitrogen and oxygen atoms in total. The third-order valence-corrected chi connectivity index (χ3v) is 4.03. The Morgan fingerprint density at radius 3 is 2.87 bits per heavy atom. The molecule has 0 saturated carbocycles. The second-order valence-electron chi connectivity index (χ2n) is 5.61. The maximum atomic E-state index is 4.75. The van der Waals surface area contributed by atoms with Crippen LogP contribution in [-0.4, -0.2) is 19.6 Å². The predicted octanol–water partition coefficient (Wildman–Crippen LogP) is 3.89. The predicted molar refractivity (Wildman–Crippen MR) is 92.1 cm³/mol. The molecule has 0 bridgehead atoms. The number of rotatable bonds is 3. The number of fused-ring (bicyclic) bond motifs is 3. The van der Waals surface area contributed by atoms with Crippen LogP contribution in [0, 0.1) is 6.92 Å². The standard InChI is InChI=1S/C18H17N5/c1-3-13-6-4-5-7-14(13)20-17-18-22-19-11-23(18)16-10-12(2)8-9-15(16)21-17/h4-11H,3H2,1-2H3,(H,20,21). The molecule has 2 aromatic heterocycles. The van der Waals surface area contributed by atoms with E-state index in [1.54, 1.807) is 6.33 Å². The summed E-state index contributed by atoms with van der Waals surface area (Å²) in [5.74, 6) is 0.722. The third kappa shape index (κ3) is 2.30. The van der Waals surface area contributed by atoms with Crippen molar-refractivity contribution in [3.63, 3.8) is 0 Å². The number of aryl methyl sites for hydroxylation is 2. The van der Waals surface area contributed by atoms with Crippen molar-refractivity contribution in [1.29, 1.82) is 0 Å². The van der Waals surface area contributed by atoms with E-state index < -0.39 is 0 Å². The van der Waals surface area contributed by atoms with E-state index in [4.69, 9.17) is 4.98 Å². The summed E-state index contributed by atoms with van der Waals surface area (Å²) in [6, 6.07) is 14.4. The zero-order valence-corrected chi connectivity index (χ0v) is 13.1. The first kappa shape index (κ1) is 13.7. The van der Waals surface area contributed by atoms with Crippen molar-refractivity contribution < 1.29 is 0 Å². The van der Waals surface area contributed by atoms with Crippen LogP contribution in [0.5, 0.6) is 0 Å². The van der Waals surface area contributed by atoms with Gasteiger partial charge in [-0.1, -0.05) is 31.2 Å². The van der Waals surface area contributed by atoms with Crippen molar-refractivity contribution in [2.75, 3.05) is 5.32 Å². The topological polar surface area (TPSA) is 55.1 Å². The van der Waals surface area contributed by atoms with Gasteiger partial charge in [0.1, 0.15) is 6.33 Å². The summed E-state index contributed by atoms with van der Waals surface area (Å²) in [6.07, 6.45) is 2.69. The summed E-state index contributed by atoms with van der Waals surface area (Å²) in [4.78, 5) is 4.75. The second-order valence-corrected chi connectivity index (χ2v) is 5.61. The molecule has 0 aliphatic heterocycles. The van der Waals surface area contributed by atoms with Gasteiger partial charge in [-0.05, 0) is 42.7 Å². The molecule has 0 atom stereocenters. The minimum absolute atomic E-state index is 0.722. The molecule has 0 unspecified atom stereocenters. The second kappa shape index (κ2) is 5.35. The average molecular weight is 303 g/mol. The van der Waals surface area contributed by atoms with E-state index in [1.165, 1.54) is 11.1 Å². The molecule has 0 saturated heterocycles. The summed E-state index contributed by atoms with van der Waals surface area (Å²) >= 11 is 0. The summed E-state index contributed by atoms with van der Waals surface area (Å²) in [7, 11) is 0. The number of nitrogens with one attached hydrogen (secondary N) is 1. The minimum atomic E-state index is 0.722. The number of para-hydroxylation sites is 1. The van der Waals surface area contributed by atoms with Gasteiger partial charge in [0.05, 0.1) is 11.0 Å². The fourth-order valence-electron chi connectivity index (χ4n) is 2.83. The summed E-state index contributed by atoms with van der Waals surface area (Å²) in [6.45, 7) is 4.21. The molecule has 2 heterocycles. The van der Waals surface area contributed by atoms with E-state index in [-0.39, 0.29) is 0 Å².